The molecule has 3 N–H and O–H groups in total. The van der Waals surface area contributed by atoms with Crippen molar-refractivity contribution < 1.29 is 9.59 Å². The molecule has 1 aromatic heterocycles. The van der Waals surface area contributed by atoms with Gasteiger partial charge < -0.3 is 16.0 Å². The van der Waals surface area contributed by atoms with Gasteiger partial charge in [0.25, 0.3) is 5.91 Å². The first-order valence-electron chi connectivity index (χ1n) is 9.97. The molecule has 29 heavy (non-hydrogen) atoms. The van der Waals surface area contributed by atoms with Gasteiger partial charge in [0, 0.05) is 37.4 Å². The third kappa shape index (κ3) is 4.00. The quantitative estimate of drug-likeness (QED) is 0.695. The first kappa shape index (κ1) is 19.1. The average Bonchev–Trinajstić information content (AvgIpc) is 3.21. The molecule has 3 aromatic rings. The first-order valence-corrected chi connectivity index (χ1v) is 9.97. The molecule has 0 aliphatic carbocycles. The van der Waals surface area contributed by atoms with Crippen LogP contribution in [-0.2, 0) is 4.79 Å². The minimum absolute atomic E-state index is 0.0183. The number of piperidine rings is 1. The lowest BCUT2D eigenvalue weighted by molar-refractivity contribution is -0.126. The van der Waals surface area contributed by atoms with Gasteiger partial charge in [-0.25, -0.2) is 4.98 Å². The molecule has 150 valence electrons. The number of benzene rings is 2. The number of imidazole rings is 1. The van der Waals surface area contributed by atoms with E-state index in [-0.39, 0.29) is 17.7 Å². The van der Waals surface area contributed by atoms with Crippen molar-refractivity contribution in [3.05, 3.63) is 60.4 Å². The number of aromatic nitrogens is 2. The van der Waals surface area contributed by atoms with Crippen LogP contribution in [0.15, 0.2) is 54.9 Å². The van der Waals surface area contributed by atoms with E-state index in [0.717, 1.165) is 29.6 Å². The number of hydrogen-bond donors (Lipinski definition) is 2. The number of amides is 2. The van der Waals surface area contributed by atoms with Crippen molar-refractivity contribution in [3.8, 4) is 5.69 Å². The van der Waals surface area contributed by atoms with Gasteiger partial charge in [0.1, 0.15) is 6.33 Å². The van der Waals surface area contributed by atoms with Crippen molar-refractivity contribution in [1.29, 1.82) is 0 Å². The minimum Gasteiger partial charge on any atom is -0.355 e. The van der Waals surface area contributed by atoms with Gasteiger partial charge in [-0.3, -0.25) is 14.2 Å². The number of likely N-dealkylation sites (tertiary alicyclic amines) is 1. The Hall–Kier alpha value is -3.19. The Labute approximate surface area is 169 Å². The van der Waals surface area contributed by atoms with E-state index < -0.39 is 0 Å². The van der Waals surface area contributed by atoms with Crippen molar-refractivity contribution in [1.82, 2.24) is 19.8 Å². The molecule has 2 amide bonds. The van der Waals surface area contributed by atoms with Crippen molar-refractivity contribution >= 4 is 22.8 Å². The average molecular weight is 391 g/mol. The Balaban J connectivity index is 1.47. The number of carbonyl (C=O) groups excluding carboxylic acids is 2. The van der Waals surface area contributed by atoms with E-state index in [1.165, 1.54) is 0 Å². The van der Waals surface area contributed by atoms with Crippen molar-refractivity contribution in [2.75, 3.05) is 26.2 Å². The lowest BCUT2D eigenvalue weighted by Gasteiger charge is -2.32. The smallest absolute Gasteiger partial charge is 0.253 e. The first-order chi connectivity index (χ1) is 14.2. The highest BCUT2D eigenvalue weighted by molar-refractivity contribution is 5.95. The zero-order valence-electron chi connectivity index (χ0n) is 16.3. The van der Waals surface area contributed by atoms with Gasteiger partial charge in [-0.1, -0.05) is 12.1 Å². The molecule has 1 unspecified atom stereocenters. The zero-order chi connectivity index (χ0) is 20.2. The SMILES string of the molecule is NCCNC(=O)C1CCCN(C(=O)c2ccc(-n3cnc4ccccc43)cc2)C1. The molecule has 2 aromatic carbocycles. The Morgan fingerprint density at radius 1 is 1.14 bits per heavy atom. The molecule has 7 heteroatoms. The highest BCUT2D eigenvalue weighted by Crippen LogP contribution is 2.21. The van der Waals surface area contributed by atoms with Crippen LogP contribution >= 0.6 is 0 Å². The molecule has 4 rings (SSSR count). The summed E-state index contributed by atoms with van der Waals surface area (Å²) >= 11 is 0. The molecule has 1 atom stereocenters. The van der Waals surface area contributed by atoms with Crippen molar-refractivity contribution in [2.45, 2.75) is 12.8 Å². The summed E-state index contributed by atoms with van der Waals surface area (Å²) in [5, 5.41) is 2.83. The van der Waals surface area contributed by atoms with E-state index in [4.69, 9.17) is 5.73 Å². The van der Waals surface area contributed by atoms with Crippen LogP contribution in [0.25, 0.3) is 16.7 Å². The number of nitrogens with two attached hydrogens (primary N) is 1. The summed E-state index contributed by atoms with van der Waals surface area (Å²) in [6.45, 7) is 2.00. The summed E-state index contributed by atoms with van der Waals surface area (Å²) in [6.07, 6.45) is 3.41. The van der Waals surface area contributed by atoms with E-state index in [9.17, 15) is 9.59 Å². The fourth-order valence-electron chi connectivity index (χ4n) is 3.83. The van der Waals surface area contributed by atoms with E-state index >= 15 is 0 Å². The molecule has 0 spiro atoms. The molecule has 7 nitrogen and oxygen atoms in total. The van der Waals surface area contributed by atoms with Crippen LogP contribution in [0.2, 0.25) is 0 Å². The fourth-order valence-corrected chi connectivity index (χ4v) is 3.83. The summed E-state index contributed by atoms with van der Waals surface area (Å²) in [4.78, 5) is 31.4. The molecule has 0 saturated carbocycles. The highest BCUT2D eigenvalue weighted by atomic mass is 16.2. The van der Waals surface area contributed by atoms with Gasteiger partial charge in [-0.2, -0.15) is 0 Å². The van der Waals surface area contributed by atoms with E-state index in [1.807, 2.05) is 53.1 Å². The summed E-state index contributed by atoms with van der Waals surface area (Å²) in [6, 6.07) is 15.5. The highest BCUT2D eigenvalue weighted by Gasteiger charge is 2.28. The maximum absolute atomic E-state index is 12.9. The van der Waals surface area contributed by atoms with Crippen LogP contribution in [0.3, 0.4) is 0 Å². The third-order valence-corrected chi connectivity index (χ3v) is 5.37. The van der Waals surface area contributed by atoms with Gasteiger partial charge in [0.05, 0.1) is 17.0 Å². The number of fused-ring (bicyclic) bond motifs is 1. The number of hydrogen-bond acceptors (Lipinski definition) is 4. The molecule has 2 heterocycles. The maximum Gasteiger partial charge on any atom is 0.253 e. The summed E-state index contributed by atoms with van der Waals surface area (Å²) in [7, 11) is 0. The van der Waals surface area contributed by atoms with Crippen molar-refractivity contribution in [3.63, 3.8) is 0 Å². The van der Waals surface area contributed by atoms with Crippen LogP contribution in [0.1, 0.15) is 23.2 Å². The molecule has 1 saturated heterocycles. The lowest BCUT2D eigenvalue weighted by atomic mass is 9.96. The Kier molecular flexibility index (Phi) is 5.57. The van der Waals surface area contributed by atoms with Gasteiger partial charge in [-0.05, 0) is 49.2 Å². The predicted octanol–water partition coefficient (Wildman–Crippen LogP) is 1.95. The van der Waals surface area contributed by atoms with E-state index in [0.29, 0.717) is 31.7 Å². The standard InChI is InChI=1S/C22H25N5O2/c23-11-12-24-21(28)17-4-3-13-26(14-17)22(29)16-7-9-18(10-8-16)27-15-25-19-5-1-2-6-20(19)27/h1-2,5-10,15,17H,3-4,11-14,23H2,(H,24,28). The summed E-state index contributed by atoms with van der Waals surface area (Å²) in [5.41, 5.74) is 8.98. The van der Waals surface area contributed by atoms with Crippen LogP contribution in [-0.4, -0.2) is 52.4 Å². The Morgan fingerprint density at radius 3 is 2.72 bits per heavy atom. The topological polar surface area (TPSA) is 93.3 Å². The van der Waals surface area contributed by atoms with Gasteiger partial charge in [-0.15, -0.1) is 0 Å². The second-order valence-corrected chi connectivity index (χ2v) is 7.32. The number of nitrogens with one attached hydrogen (secondary N) is 1. The molecule has 1 aliphatic rings. The van der Waals surface area contributed by atoms with Crippen LogP contribution in [0.5, 0.6) is 0 Å². The van der Waals surface area contributed by atoms with Crippen LogP contribution in [0, 0.1) is 5.92 Å². The summed E-state index contributed by atoms with van der Waals surface area (Å²) in [5.74, 6) is -0.227. The van der Waals surface area contributed by atoms with Crippen molar-refractivity contribution in [2.24, 2.45) is 11.7 Å². The van der Waals surface area contributed by atoms with Gasteiger partial charge in [0.15, 0.2) is 0 Å². The zero-order valence-corrected chi connectivity index (χ0v) is 16.3. The Bertz CT molecular complexity index is 1010. The van der Waals surface area contributed by atoms with E-state index in [2.05, 4.69) is 10.3 Å². The van der Waals surface area contributed by atoms with Crippen LogP contribution < -0.4 is 11.1 Å². The lowest BCUT2D eigenvalue weighted by Crippen LogP contribution is -2.46. The van der Waals surface area contributed by atoms with E-state index in [1.54, 1.807) is 11.2 Å². The van der Waals surface area contributed by atoms with Gasteiger partial charge in [0.2, 0.25) is 5.91 Å². The molecule has 1 aliphatic heterocycles. The molecular formula is C22H25N5O2. The number of rotatable bonds is 5. The molecule has 1 fully saturated rings. The molecule has 0 radical (unpaired) electrons. The normalized spacial score (nSPS) is 16.7. The molecule has 0 bridgehead atoms. The van der Waals surface area contributed by atoms with Gasteiger partial charge >= 0.3 is 0 Å². The molecular weight excluding hydrogens is 366 g/mol. The number of carbonyl (C=O) groups is 2. The summed E-state index contributed by atoms with van der Waals surface area (Å²) < 4.78 is 2.00. The number of para-hydroxylation sites is 2. The number of nitrogens with zero attached hydrogens (tertiary/aromatic N) is 3. The predicted molar refractivity (Wildman–Crippen MR) is 112 cm³/mol. The second kappa shape index (κ2) is 8.45. The van der Waals surface area contributed by atoms with Crippen LogP contribution in [0.4, 0.5) is 0 Å². The monoisotopic (exact) mass is 391 g/mol. The third-order valence-electron chi connectivity index (χ3n) is 5.37. The fraction of sp³-hybridized carbons (Fsp3) is 0.318. The largest absolute Gasteiger partial charge is 0.355 e. The second-order valence-electron chi connectivity index (χ2n) is 7.32. The maximum atomic E-state index is 12.9. The minimum atomic E-state index is -0.171. The Morgan fingerprint density at radius 2 is 1.93 bits per heavy atom.